The maximum absolute atomic E-state index is 12.0. The van der Waals surface area contributed by atoms with Crippen LogP contribution < -0.4 is 0 Å². The molecular formula is C20H28O8. The molecule has 0 aliphatic heterocycles. The highest BCUT2D eigenvalue weighted by atomic mass is 16.6. The standard InChI is InChI=1S/C20H28O8/c1-13(2)17(21)25-9-11-27-19(23)15-5-7-16(8-6-15)20(24)28-12-10-26-18(22)14(3)4/h15-16H,1,3,5-12H2,2,4H3. The number of esters is 4. The van der Waals surface area contributed by atoms with Gasteiger partial charge >= 0.3 is 23.9 Å². The molecule has 0 spiro atoms. The van der Waals surface area contributed by atoms with Crippen molar-refractivity contribution in [2.75, 3.05) is 26.4 Å². The second-order valence-electron chi connectivity index (χ2n) is 6.72. The quantitative estimate of drug-likeness (QED) is 0.239. The average Bonchev–Trinajstić information content (AvgIpc) is 2.67. The summed E-state index contributed by atoms with van der Waals surface area (Å²) < 4.78 is 19.9. The zero-order chi connectivity index (χ0) is 21.1. The van der Waals surface area contributed by atoms with Crippen LogP contribution in [0.15, 0.2) is 24.3 Å². The fourth-order valence-electron chi connectivity index (χ4n) is 2.60. The molecule has 1 rings (SSSR count). The monoisotopic (exact) mass is 396 g/mol. The van der Waals surface area contributed by atoms with E-state index in [1.165, 1.54) is 13.8 Å². The van der Waals surface area contributed by atoms with Gasteiger partial charge in [0.15, 0.2) is 0 Å². The van der Waals surface area contributed by atoms with Crippen molar-refractivity contribution >= 4 is 23.9 Å². The number of hydrogen-bond acceptors (Lipinski definition) is 8. The maximum Gasteiger partial charge on any atom is 0.333 e. The van der Waals surface area contributed by atoms with E-state index in [0.717, 1.165) is 0 Å². The third-order valence-corrected chi connectivity index (χ3v) is 4.21. The molecule has 156 valence electrons. The first-order chi connectivity index (χ1) is 13.2. The van der Waals surface area contributed by atoms with Gasteiger partial charge in [-0.15, -0.1) is 0 Å². The lowest BCUT2D eigenvalue weighted by molar-refractivity contribution is -0.158. The van der Waals surface area contributed by atoms with Crippen LogP contribution in [0.3, 0.4) is 0 Å². The first-order valence-corrected chi connectivity index (χ1v) is 9.21. The third kappa shape index (κ3) is 8.37. The van der Waals surface area contributed by atoms with E-state index in [0.29, 0.717) is 25.7 Å². The molecule has 1 aliphatic rings. The summed E-state index contributed by atoms with van der Waals surface area (Å²) in [6, 6.07) is 0. The molecule has 0 radical (unpaired) electrons. The van der Waals surface area contributed by atoms with Gasteiger partial charge in [0.05, 0.1) is 11.8 Å². The minimum atomic E-state index is -0.524. The first kappa shape index (κ1) is 23.4. The van der Waals surface area contributed by atoms with E-state index < -0.39 is 11.9 Å². The average molecular weight is 396 g/mol. The van der Waals surface area contributed by atoms with Crippen LogP contribution in [0, 0.1) is 11.8 Å². The topological polar surface area (TPSA) is 105 Å². The Kier molecular flexibility index (Phi) is 9.98. The fraction of sp³-hybridized carbons (Fsp3) is 0.600. The molecule has 0 unspecified atom stereocenters. The minimum Gasteiger partial charge on any atom is -0.462 e. The largest absolute Gasteiger partial charge is 0.462 e. The summed E-state index contributed by atoms with van der Waals surface area (Å²) in [7, 11) is 0. The Bertz CT molecular complexity index is 560. The van der Waals surface area contributed by atoms with Gasteiger partial charge < -0.3 is 18.9 Å². The second kappa shape index (κ2) is 11.9. The van der Waals surface area contributed by atoms with Crippen LogP contribution in [0.5, 0.6) is 0 Å². The lowest BCUT2D eigenvalue weighted by atomic mass is 9.82. The Morgan fingerprint density at radius 3 is 1.21 bits per heavy atom. The predicted molar refractivity (Wildman–Crippen MR) is 98.9 cm³/mol. The minimum absolute atomic E-state index is 0.0112. The molecule has 8 heteroatoms. The molecular weight excluding hydrogens is 368 g/mol. The van der Waals surface area contributed by atoms with Gasteiger partial charge in [-0.2, -0.15) is 0 Å². The SMILES string of the molecule is C=C(C)C(=O)OCCOC(=O)C1CCC(C(=O)OCCOC(=O)C(=C)C)CC1. The molecule has 8 nitrogen and oxygen atoms in total. The fourth-order valence-corrected chi connectivity index (χ4v) is 2.60. The van der Waals surface area contributed by atoms with E-state index in [9.17, 15) is 19.2 Å². The highest BCUT2D eigenvalue weighted by Crippen LogP contribution is 2.30. The van der Waals surface area contributed by atoms with E-state index in [4.69, 9.17) is 18.9 Å². The highest BCUT2D eigenvalue weighted by molar-refractivity contribution is 5.87. The van der Waals surface area contributed by atoms with Gasteiger partial charge in [0.2, 0.25) is 0 Å². The van der Waals surface area contributed by atoms with Crippen LogP contribution in [0.1, 0.15) is 39.5 Å². The summed E-state index contributed by atoms with van der Waals surface area (Å²) >= 11 is 0. The molecule has 1 fully saturated rings. The van der Waals surface area contributed by atoms with E-state index >= 15 is 0 Å². The number of rotatable bonds is 10. The molecule has 1 saturated carbocycles. The molecule has 0 atom stereocenters. The molecule has 0 amide bonds. The van der Waals surface area contributed by atoms with Gasteiger partial charge in [0.25, 0.3) is 0 Å². The van der Waals surface area contributed by atoms with Crippen LogP contribution in [0.2, 0.25) is 0 Å². The zero-order valence-corrected chi connectivity index (χ0v) is 16.5. The Morgan fingerprint density at radius 1 is 0.643 bits per heavy atom. The summed E-state index contributed by atoms with van der Waals surface area (Å²) in [5.41, 5.74) is 0.566. The van der Waals surface area contributed by atoms with Gasteiger partial charge in [0.1, 0.15) is 26.4 Å². The smallest absolute Gasteiger partial charge is 0.333 e. The molecule has 0 N–H and O–H groups in total. The summed E-state index contributed by atoms with van der Waals surface area (Å²) in [5.74, 6) is -2.32. The van der Waals surface area contributed by atoms with Gasteiger partial charge in [0, 0.05) is 11.1 Å². The Balaban J connectivity index is 2.19. The molecule has 0 aromatic heterocycles. The zero-order valence-electron chi connectivity index (χ0n) is 16.5. The molecule has 0 bridgehead atoms. The Morgan fingerprint density at radius 2 is 0.929 bits per heavy atom. The summed E-state index contributed by atoms with van der Waals surface area (Å²) in [6.07, 6.45) is 2.09. The lowest BCUT2D eigenvalue weighted by Crippen LogP contribution is -2.29. The molecule has 0 heterocycles. The van der Waals surface area contributed by atoms with E-state index in [-0.39, 0.29) is 61.3 Å². The predicted octanol–water partition coefficient (Wildman–Crippen LogP) is 2.12. The Labute approximate surface area is 164 Å². The normalized spacial score (nSPS) is 18.5. The van der Waals surface area contributed by atoms with E-state index in [1.54, 1.807) is 0 Å². The second-order valence-corrected chi connectivity index (χ2v) is 6.72. The van der Waals surface area contributed by atoms with Crippen LogP contribution in [0.25, 0.3) is 0 Å². The van der Waals surface area contributed by atoms with Crippen molar-refractivity contribution in [3.63, 3.8) is 0 Å². The van der Waals surface area contributed by atoms with Gasteiger partial charge in [-0.25, -0.2) is 9.59 Å². The van der Waals surface area contributed by atoms with Gasteiger partial charge in [-0.3, -0.25) is 9.59 Å². The molecule has 1 aliphatic carbocycles. The summed E-state index contributed by atoms with van der Waals surface area (Å²) in [5, 5.41) is 0. The van der Waals surface area contributed by atoms with Crippen LogP contribution in [0.4, 0.5) is 0 Å². The van der Waals surface area contributed by atoms with Crippen molar-refractivity contribution in [3.05, 3.63) is 24.3 Å². The summed E-state index contributed by atoms with van der Waals surface area (Å²) in [6.45, 7) is 9.92. The van der Waals surface area contributed by atoms with Gasteiger partial charge in [-0.05, 0) is 39.5 Å². The third-order valence-electron chi connectivity index (χ3n) is 4.21. The van der Waals surface area contributed by atoms with Crippen LogP contribution in [-0.2, 0) is 38.1 Å². The van der Waals surface area contributed by atoms with Crippen molar-refractivity contribution < 1.29 is 38.1 Å². The van der Waals surface area contributed by atoms with Crippen LogP contribution in [-0.4, -0.2) is 50.3 Å². The van der Waals surface area contributed by atoms with Crippen molar-refractivity contribution in [2.45, 2.75) is 39.5 Å². The maximum atomic E-state index is 12.0. The van der Waals surface area contributed by atoms with Crippen molar-refractivity contribution in [3.8, 4) is 0 Å². The molecule has 0 saturated heterocycles. The number of carbonyl (C=O) groups is 4. The van der Waals surface area contributed by atoms with E-state index in [2.05, 4.69) is 13.2 Å². The molecule has 0 aromatic carbocycles. The molecule has 28 heavy (non-hydrogen) atoms. The Hall–Kier alpha value is -2.64. The first-order valence-electron chi connectivity index (χ1n) is 9.21. The molecule has 0 aromatic rings. The number of ether oxygens (including phenoxy) is 4. The van der Waals surface area contributed by atoms with E-state index in [1.807, 2.05) is 0 Å². The summed E-state index contributed by atoms with van der Waals surface area (Å²) in [4.78, 5) is 46.5. The van der Waals surface area contributed by atoms with Crippen molar-refractivity contribution in [2.24, 2.45) is 11.8 Å². The number of hydrogen-bond donors (Lipinski definition) is 0. The highest BCUT2D eigenvalue weighted by Gasteiger charge is 2.31. The lowest BCUT2D eigenvalue weighted by Gasteiger charge is -2.25. The van der Waals surface area contributed by atoms with Crippen molar-refractivity contribution in [1.82, 2.24) is 0 Å². The van der Waals surface area contributed by atoms with Crippen LogP contribution >= 0.6 is 0 Å². The number of carbonyl (C=O) groups excluding carboxylic acids is 4. The van der Waals surface area contributed by atoms with Crippen molar-refractivity contribution in [1.29, 1.82) is 0 Å². The van der Waals surface area contributed by atoms with Gasteiger partial charge in [-0.1, -0.05) is 13.2 Å².